The topological polar surface area (TPSA) is 34.9 Å². The zero-order valence-electron chi connectivity index (χ0n) is 10.4. The maximum atomic E-state index is 12.3. The van der Waals surface area contributed by atoms with Crippen LogP contribution in [0.4, 0.5) is 0 Å². The van der Waals surface area contributed by atoms with Gasteiger partial charge in [-0.1, -0.05) is 23.8 Å². The molecular formula is C14H16N2O. The minimum absolute atomic E-state index is 0.0437. The van der Waals surface area contributed by atoms with E-state index in [0.29, 0.717) is 5.56 Å². The molecule has 0 aliphatic rings. The molecule has 2 aromatic rings. The third kappa shape index (κ3) is 2.28. The van der Waals surface area contributed by atoms with Gasteiger partial charge in [-0.2, -0.15) is 5.10 Å². The van der Waals surface area contributed by atoms with Crippen molar-refractivity contribution in [2.75, 3.05) is 0 Å². The fourth-order valence-electron chi connectivity index (χ4n) is 1.88. The first-order valence-corrected chi connectivity index (χ1v) is 5.76. The Kier molecular flexibility index (Phi) is 3.09. The molecule has 0 fully saturated rings. The highest BCUT2D eigenvalue weighted by atomic mass is 16.1. The highest BCUT2D eigenvalue weighted by molar-refractivity contribution is 6.09. The maximum absolute atomic E-state index is 12.3. The molecule has 0 saturated carbocycles. The number of aromatic nitrogens is 2. The zero-order chi connectivity index (χ0) is 12.4. The Morgan fingerprint density at radius 2 is 2.12 bits per heavy atom. The van der Waals surface area contributed by atoms with Gasteiger partial charge in [-0.15, -0.1) is 0 Å². The second kappa shape index (κ2) is 4.53. The number of aryl methyl sites for hydroxylation is 3. The number of rotatable bonds is 3. The fraction of sp³-hybridized carbons (Fsp3) is 0.286. The first-order valence-electron chi connectivity index (χ1n) is 5.76. The van der Waals surface area contributed by atoms with Crippen molar-refractivity contribution >= 4 is 5.78 Å². The first kappa shape index (κ1) is 11.6. The summed E-state index contributed by atoms with van der Waals surface area (Å²) in [6.45, 7) is 6.76. The van der Waals surface area contributed by atoms with Crippen LogP contribution in [0.25, 0.3) is 0 Å². The third-order valence-corrected chi connectivity index (χ3v) is 2.85. The largest absolute Gasteiger partial charge is 0.288 e. The number of carbonyl (C=O) groups excluding carboxylic acids is 1. The van der Waals surface area contributed by atoms with Crippen LogP contribution in [-0.4, -0.2) is 15.6 Å². The Balaban J connectivity index is 2.36. The molecule has 0 saturated heterocycles. The molecule has 3 nitrogen and oxygen atoms in total. The predicted molar refractivity (Wildman–Crippen MR) is 67.2 cm³/mol. The summed E-state index contributed by atoms with van der Waals surface area (Å²) < 4.78 is 1.76. The van der Waals surface area contributed by atoms with Gasteiger partial charge in [-0.05, 0) is 26.3 Å². The van der Waals surface area contributed by atoms with E-state index in [-0.39, 0.29) is 5.78 Å². The molecule has 0 radical (unpaired) electrons. The number of ketones is 1. The van der Waals surface area contributed by atoms with Crippen LogP contribution in [0.15, 0.2) is 30.6 Å². The Labute approximate surface area is 101 Å². The van der Waals surface area contributed by atoms with Crippen LogP contribution in [0.3, 0.4) is 0 Å². The molecule has 2 rings (SSSR count). The lowest BCUT2D eigenvalue weighted by atomic mass is 9.99. The average molecular weight is 228 g/mol. The quantitative estimate of drug-likeness (QED) is 0.757. The normalized spacial score (nSPS) is 10.5. The molecule has 1 aromatic carbocycles. The zero-order valence-corrected chi connectivity index (χ0v) is 10.4. The Hall–Kier alpha value is -1.90. The molecule has 3 heteroatoms. The Morgan fingerprint density at radius 1 is 1.35 bits per heavy atom. The van der Waals surface area contributed by atoms with E-state index < -0.39 is 0 Å². The monoisotopic (exact) mass is 228 g/mol. The Morgan fingerprint density at radius 3 is 2.71 bits per heavy atom. The van der Waals surface area contributed by atoms with Crippen molar-refractivity contribution in [1.82, 2.24) is 9.78 Å². The van der Waals surface area contributed by atoms with Crippen LogP contribution in [-0.2, 0) is 6.54 Å². The van der Waals surface area contributed by atoms with Gasteiger partial charge in [0.25, 0.3) is 0 Å². The Bertz CT molecular complexity index is 555. The minimum Gasteiger partial charge on any atom is -0.288 e. The van der Waals surface area contributed by atoms with Gasteiger partial charge in [-0.25, -0.2) is 0 Å². The first-order chi connectivity index (χ1) is 8.11. The molecule has 0 aliphatic carbocycles. The van der Waals surface area contributed by atoms with E-state index in [1.54, 1.807) is 17.1 Å². The van der Waals surface area contributed by atoms with E-state index in [4.69, 9.17) is 0 Å². The van der Waals surface area contributed by atoms with Crippen LogP contribution < -0.4 is 0 Å². The van der Waals surface area contributed by atoms with Gasteiger partial charge >= 0.3 is 0 Å². The van der Waals surface area contributed by atoms with E-state index in [2.05, 4.69) is 5.10 Å². The molecule has 0 amide bonds. The van der Waals surface area contributed by atoms with Gasteiger partial charge in [0.1, 0.15) is 0 Å². The summed E-state index contributed by atoms with van der Waals surface area (Å²) in [4.78, 5) is 12.3. The number of nitrogens with zero attached hydrogens (tertiary/aromatic N) is 2. The lowest BCUT2D eigenvalue weighted by Gasteiger charge is -2.04. The highest BCUT2D eigenvalue weighted by Gasteiger charge is 2.13. The molecule has 0 atom stereocenters. The summed E-state index contributed by atoms with van der Waals surface area (Å²) in [5.74, 6) is 0.0437. The number of carbonyl (C=O) groups is 1. The second-order valence-electron chi connectivity index (χ2n) is 4.23. The summed E-state index contributed by atoms with van der Waals surface area (Å²) in [7, 11) is 0. The number of hydrogen-bond donors (Lipinski definition) is 0. The molecule has 88 valence electrons. The molecule has 0 aliphatic heterocycles. The lowest BCUT2D eigenvalue weighted by molar-refractivity contribution is 0.103. The van der Waals surface area contributed by atoms with E-state index in [1.165, 1.54) is 5.56 Å². The summed E-state index contributed by atoms with van der Waals surface area (Å²) >= 11 is 0. The molecule has 0 bridgehead atoms. The number of hydrogen-bond acceptors (Lipinski definition) is 2. The molecule has 0 spiro atoms. The van der Waals surface area contributed by atoms with Crippen LogP contribution in [0.2, 0.25) is 0 Å². The van der Waals surface area contributed by atoms with Gasteiger partial charge in [0, 0.05) is 18.3 Å². The van der Waals surface area contributed by atoms with Crippen LogP contribution in [0.5, 0.6) is 0 Å². The van der Waals surface area contributed by atoms with E-state index in [1.807, 2.05) is 39.0 Å². The number of benzene rings is 1. The molecule has 0 unspecified atom stereocenters. The van der Waals surface area contributed by atoms with Crippen molar-refractivity contribution < 1.29 is 4.79 Å². The summed E-state index contributed by atoms with van der Waals surface area (Å²) in [6.07, 6.45) is 3.42. The van der Waals surface area contributed by atoms with Gasteiger partial charge in [0.2, 0.25) is 0 Å². The molecule has 1 heterocycles. The average Bonchev–Trinajstić information content (AvgIpc) is 2.76. The lowest BCUT2D eigenvalue weighted by Crippen LogP contribution is -2.03. The van der Waals surface area contributed by atoms with Crippen molar-refractivity contribution in [3.8, 4) is 0 Å². The summed E-state index contributed by atoms with van der Waals surface area (Å²) in [5.41, 5.74) is 3.59. The predicted octanol–water partition coefficient (Wildman–Crippen LogP) is 2.75. The fourth-order valence-corrected chi connectivity index (χ4v) is 1.88. The third-order valence-electron chi connectivity index (χ3n) is 2.85. The van der Waals surface area contributed by atoms with Crippen molar-refractivity contribution in [3.63, 3.8) is 0 Å². The van der Waals surface area contributed by atoms with Crippen molar-refractivity contribution in [2.24, 2.45) is 0 Å². The van der Waals surface area contributed by atoms with Crippen LogP contribution in [0.1, 0.15) is 34.0 Å². The maximum Gasteiger partial charge on any atom is 0.196 e. The van der Waals surface area contributed by atoms with Gasteiger partial charge in [-0.3, -0.25) is 9.48 Å². The molecule has 17 heavy (non-hydrogen) atoms. The van der Waals surface area contributed by atoms with E-state index in [9.17, 15) is 4.79 Å². The molecular weight excluding hydrogens is 212 g/mol. The van der Waals surface area contributed by atoms with E-state index in [0.717, 1.165) is 17.7 Å². The highest BCUT2D eigenvalue weighted by Crippen LogP contribution is 2.15. The van der Waals surface area contributed by atoms with Crippen LogP contribution >= 0.6 is 0 Å². The minimum atomic E-state index is 0.0437. The van der Waals surface area contributed by atoms with Crippen molar-refractivity contribution in [1.29, 1.82) is 0 Å². The SMILES string of the molecule is CCn1cc(C(=O)c2ccc(C)cc2C)cn1. The van der Waals surface area contributed by atoms with Crippen molar-refractivity contribution in [2.45, 2.75) is 27.3 Å². The van der Waals surface area contributed by atoms with E-state index >= 15 is 0 Å². The standard InChI is InChI=1S/C14H16N2O/c1-4-16-9-12(8-15-16)14(17)13-6-5-10(2)7-11(13)3/h5-9H,4H2,1-3H3. The summed E-state index contributed by atoms with van der Waals surface area (Å²) in [6, 6.07) is 5.87. The smallest absolute Gasteiger partial charge is 0.196 e. The molecule has 0 N–H and O–H groups in total. The molecule has 1 aromatic heterocycles. The van der Waals surface area contributed by atoms with Gasteiger partial charge in [0.05, 0.1) is 11.8 Å². The van der Waals surface area contributed by atoms with Crippen LogP contribution in [0, 0.1) is 13.8 Å². The van der Waals surface area contributed by atoms with Crippen molar-refractivity contribution in [3.05, 3.63) is 52.8 Å². The second-order valence-corrected chi connectivity index (χ2v) is 4.23. The van der Waals surface area contributed by atoms with Gasteiger partial charge < -0.3 is 0 Å². The van der Waals surface area contributed by atoms with Gasteiger partial charge in [0.15, 0.2) is 5.78 Å². The summed E-state index contributed by atoms with van der Waals surface area (Å²) in [5, 5.41) is 4.12.